The molecule has 0 saturated carbocycles. The van der Waals surface area contributed by atoms with E-state index in [4.69, 9.17) is 9.47 Å². The maximum Gasteiger partial charge on any atom is 0.136 e. The summed E-state index contributed by atoms with van der Waals surface area (Å²) in [7, 11) is 1.68. The van der Waals surface area contributed by atoms with E-state index in [1.807, 2.05) is 6.07 Å². The molecule has 1 aliphatic rings. The van der Waals surface area contributed by atoms with Gasteiger partial charge in [-0.25, -0.2) is 9.97 Å². The first kappa shape index (κ1) is 13.2. The molecule has 1 aromatic heterocycles. The average Bonchev–Trinajstić information content (AvgIpc) is 2.90. The summed E-state index contributed by atoms with van der Waals surface area (Å²) in [4.78, 5) is 9.13. The van der Waals surface area contributed by atoms with Crippen LogP contribution in [-0.4, -0.2) is 36.8 Å². The van der Waals surface area contributed by atoms with E-state index in [0.717, 1.165) is 49.9 Å². The maximum atomic E-state index is 5.40. The van der Waals surface area contributed by atoms with E-state index in [9.17, 15) is 0 Å². The Morgan fingerprint density at radius 1 is 1.50 bits per heavy atom. The van der Waals surface area contributed by atoms with Crippen LogP contribution in [0.3, 0.4) is 0 Å². The third kappa shape index (κ3) is 3.40. The van der Waals surface area contributed by atoms with Crippen LogP contribution in [0.4, 0.5) is 5.82 Å². The minimum atomic E-state index is 0.323. The van der Waals surface area contributed by atoms with Crippen LogP contribution in [0.15, 0.2) is 6.07 Å². The lowest BCUT2D eigenvalue weighted by atomic mass is 10.1. The van der Waals surface area contributed by atoms with Crippen molar-refractivity contribution in [2.75, 3.05) is 32.2 Å². The number of nitrogens with one attached hydrogen (secondary N) is 1. The van der Waals surface area contributed by atoms with Gasteiger partial charge in [-0.2, -0.15) is 0 Å². The van der Waals surface area contributed by atoms with Crippen LogP contribution in [-0.2, 0) is 16.1 Å². The Hall–Kier alpha value is -1.20. The molecule has 0 aliphatic carbocycles. The van der Waals surface area contributed by atoms with Crippen LogP contribution in [0.1, 0.15) is 37.2 Å². The predicted octanol–water partition coefficient (Wildman–Crippen LogP) is 1.95. The number of anilines is 1. The fourth-order valence-corrected chi connectivity index (χ4v) is 2.00. The van der Waals surface area contributed by atoms with Gasteiger partial charge in [0.25, 0.3) is 0 Å². The van der Waals surface area contributed by atoms with E-state index in [-0.39, 0.29) is 0 Å². The summed E-state index contributed by atoms with van der Waals surface area (Å²) in [5.41, 5.74) is 0.924. The van der Waals surface area contributed by atoms with Gasteiger partial charge in [0.15, 0.2) is 0 Å². The van der Waals surface area contributed by atoms with Crippen molar-refractivity contribution in [1.29, 1.82) is 0 Å². The van der Waals surface area contributed by atoms with Crippen molar-refractivity contribution in [2.24, 2.45) is 0 Å². The highest BCUT2D eigenvalue weighted by molar-refractivity contribution is 5.36. The van der Waals surface area contributed by atoms with Gasteiger partial charge in [-0.15, -0.1) is 0 Å². The highest BCUT2D eigenvalue weighted by atomic mass is 16.5. The van der Waals surface area contributed by atoms with Gasteiger partial charge >= 0.3 is 0 Å². The van der Waals surface area contributed by atoms with Crippen molar-refractivity contribution in [1.82, 2.24) is 9.97 Å². The monoisotopic (exact) mass is 251 g/mol. The zero-order valence-electron chi connectivity index (χ0n) is 11.1. The zero-order chi connectivity index (χ0) is 12.8. The Morgan fingerprint density at radius 3 is 3.06 bits per heavy atom. The molecule has 5 nitrogen and oxygen atoms in total. The first-order chi connectivity index (χ1) is 8.83. The molecule has 0 bridgehead atoms. The van der Waals surface area contributed by atoms with E-state index in [1.165, 1.54) is 0 Å². The molecule has 100 valence electrons. The summed E-state index contributed by atoms with van der Waals surface area (Å²) in [6, 6.07) is 1.96. The largest absolute Gasteiger partial charge is 0.381 e. The lowest BCUT2D eigenvalue weighted by Gasteiger charge is -2.12. The van der Waals surface area contributed by atoms with Crippen molar-refractivity contribution in [2.45, 2.75) is 32.3 Å². The molecule has 0 aromatic carbocycles. The lowest BCUT2D eigenvalue weighted by molar-refractivity contribution is 0.180. The van der Waals surface area contributed by atoms with Gasteiger partial charge in [0.05, 0.1) is 18.9 Å². The molecule has 2 heterocycles. The Bertz CT molecular complexity index is 378. The van der Waals surface area contributed by atoms with Gasteiger partial charge in [-0.1, -0.05) is 6.92 Å². The first-order valence-corrected chi connectivity index (χ1v) is 6.52. The van der Waals surface area contributed by atoms with Gasteiger partial charge in [0.1, 0.15) is 11.6 Å². The van der Waals surface area contributed by atoms with Crippen LogP contribution in [0.2, 0.25) is 0 Å². The summed E-state index contributed by atoms with van der Waals surface area (Å²) in [5, 5.41) is 3.31. The van der Waals surface area contributed by atoms with Crippen LogP contribution in [0, 0.1) is 0 Å². The summed E-state index contributed by atoms with van der Waals surface area (Å²) in [5.74, 6) is 2.09. The number of hydrogen-bond acceptors (Lipinski definition) is 5. The van der Waals surface area contributed by atoms with E-state index >= 15 is 0 Å². The first-order valence-electron chi connectivity index (χ1n) is 6.52. The molecule has 1 aliphatic heterocycles. The van der Waals surface area contributed by atoms with Crippen LogP contribution < -0.4 is 5.32 Å². The molecule has 18 heavy (non-hydrogen) atoms. The lowest BCUT2D eigenvalue weighted by Crippen LogP contribution is -2.11. The standard InChI is InChI=1S/C13H21N3O2/c1-3-5-14-12-7-11(9-17-2)15-13(16-12)10-4-6-18-8-10/h7,10H,3-6,8-9H2,1-2H3,(H,14,15,16). The molecule has 0 amide bonds. The van der Waals surface area contributed by atoms with E-state index < -0.39 is 0 Å². The Morgan fingerprint density at radius 2 is 2.39 bits per heavy atom. The second-order valence-corrected chi connectivity index (χ2v) is 4.52. The molecule has 0 spiro atoms. The molecule has 1 fully saturated rings. The number of rotatable bonds is 6. The minimum absolute atomic E-state index is 0.323. The molecule has 1 atom stereocenters. The third-order valence-electron chi connectivity index (χ3n) is 2.94. The van der Waals surface area contributed by atoms with Crippen molar-refractivity contribution in [3.05, 3.63) is 17.6 Å². The normalized spacial score (nSPS) is 19.1. The van der Waals surface area contributed by atoms with E-state index in [1.54, 1.807) is 7.11 Å². The highest BCUT2D eigenvalue weighted by Gasteiger charge is 2.21. The van der Waals surface area contributed by atoms with E-state index in [2.05, 4.69) is 22.2 Å². The summed E-state index contributed by atoms with van der Waals surface area (Å²) in [6.45, 7) is 5.10. The van der Waals surface area contributed by atoms with Gasteiger partial charge < -0.3 is 14.8 Å². The van der Waals surface area contributed by atoms with E-state index in [0.29, 0.717) is 12.5 Å². The summed E-state index contributed by atoms with van der Waals surface area (Å²) < 4.78 is 10.6. The smallest absolute Gasteiger partial charge is 0.136 e. The molecule has 5 heteroatoms. The topological polar surface area (TPSA) is 56.3 Å². The second-order valence-electron chi connectivity index (χ2n) is 4.52. The second kappa shape index (κ2) is 6.66. The molecular weight excluding hydrogens is 230 g/mol. The predicted molar refractivity (Wildman–Crippen MR) is 69.7 cm³/mol. The zero-order valence-corrected chi connectivity index (χ0v) is 11.1. The molecule has 1 aromatic rings. The number of hydrogen-bond donors (Lipinski definition) is 1. The van der Waals surface area contributed by atoms with Gasteiger partial charge in [-0.05, 0) is 12.8 Å². The van der Waals surface area contributed by atoms with Crippen LogP contribution in [0.25, 0.3) is 0 Å². The van der Waals surface area contributed by atoms with Crippen LogP contribution >= 0.6 is 0 Å². The number of aromatic nitrogens is 2. The van der Waals surface area contributed by atoms with Gasteiger partial charge in [-0.3, -0.25) is 0 Å². The maximum absolute atomic E-state index is 5.40. The van der Waals surface area contributed by atoms with Crippen molar-refractivity contribution < 1.29 is 9.47 Å². The Balaban J connectivity index is 2.17. The van der Waals surface area contributed by atoms with Crippen LogP contribution in [0.5, 0.6) is 0 Å². The molecule has 2 rings (SSSR count). The third-order valence-corrected chi connectivity index (χ3v) is 2.94. The van der Waals surface area contributed by atoms with Crippen molar-refractivity contribution in [3.63, 3.8) is 0 Å². The fourth-order valence-electron chi connectivity index (χ4n) is 2.00. The highest BCUT2D eigenvalue weighted by Crippen LogP contribution is 2.23. The average molecular weight is 251 g/mol. The Kier molecular flexibility index (Phi) is 4.90. The van der Waals surface area contributed by atoms with Crippen molar-refractivity contribution in [3.8, 4) is 0 Å². The molecule has 1 N–H and O–H groups in total. The molecule has 0 radical (unpaired) electrons. The quantitative estimate of drug-likeness (QED) is 0.837. The summed E-state index contributed by atoms with van der Waals surface area (Å²) >= 11 is 0. The Labute approximate surface area is 108 Å². The molecule has 1 saturated heterocycles. The SMILES string of the molecule is CCCNc1cc(COC)nc(C2CCOC2)n1. The minimum Gasteiger partial charge on any atom is -0.381 e. The molecular formula is C13H21N3O2. The number of nitrogens with zero attached hydrogens (tertiary/aromatic N) is 2. The number of ether oxygens (including phenoxy) is 2. The molecule has 1 unspecified atom stereocenters. The van der Waals surface area contributed by atoms with Crippen molar-refractivity contribution >= 4 is 5.82 Å². The summed E-state index contributed by atoms with van der Waals surface area (Å²) in [6.07, 6.45) is 2.08. The fraction of sp³-hybridized carbons (Fsp3) is 0.692. The van der Waals surface area contributed by atoms with Gasteiger partial charge in [0, 0.05) is 32.2 Å². The number of methoxy groups -OCH3 is 1. The van der Waals surface area contributed by atoms with Gasteiger partial charge in [0.2, 0.25) is 0 Å².